The summed E-state index contributed by atoms with van der Waals surface area (Å²) in [7, 11) is 0. The molecule has 3 aromatic rings. The summed E-state index contributed by atoms with van der Waals surface area (Å²) in [6.45, 7) is 2.40. The van der Waals surface area contributed by atoms with Crippen molar-refractivity contribution in [2.75, 3.05) is 13.2 Å². The topological polar surface area (TPSA) is 68.3 Å². The number of nitrogens with zero attached hydrogens (tertiary/aromatic N) is 1. The summed E-state index contributed by atoms with van der Waals surface area (Å²) in [5, 5.41) is 2.72. The highest BCUT2D eigenvalue weighted by Gasteiger charge is 2.10. The molecule has 3 rings (SSSR count). The van der Waals surface area contributed by atoms with E-state index >= 15 is 0 Å². The standard InChI is InChI=1S/C21H22N2O3S2/c1-2-3-12-22-19(24)13-26-20(25)16-10-8-15(9-11-16)14-27-21-23-17-6-4-5-7-18(17)28-21/h4-11H,2-3,12-14H2,1H3,(H,22,24). The third-order valence-electron chi connectivity index (χ3n) is 4.01. The number of thiazole rings is 1. The molecule has 0 aliphatic carbocycles. The summed E-state index contributed by atoms with van der Waals surface area (Å²) in [6, 6.07) is 15.3. The number of nitrogens with one attached hydrogen (secondary N) is 1. The van der Waals surface area contributed by atoms with Crippen LogP contribution in [0.4, 0.5) is 0 Å². The molecule has 0 radical (unpaired) electrons. The van der Waals surface area contributed by atoms with Crippen molar-refractivity contribution < 1.29 is 14.3 Å². The first kappa shape index (κ1) is 20.4. The van der Waals surface area contributed by atoms with Crippen LogP contribution in [0.3, 0.4) is 0 Å². The molecule has 1 N–H and O–H groups in total. The summed E-state index contributed by atoms with van der Waals surface area (Å²) in [6.07, 6.45) is 1.92. The molecule has 0 fully saturated rings. The highest BCUT2D eigenvalue weighted by atomic mass is 32.2. The van der Waals surface area contributed by atoms with Gasteiger partial charge >= 0.3 is 5.97 Å². The number of hydrogen-bond donors (Lipinski definition) is 1. The zero-order chi connectivity index (χ0) is 19.8. The Morgan fingerprint density at radius 2 is 1.93 bits per heavy atom. The lowest BCUT2D eigenvalue weighted by atomic mass is 10.1. The largest absolute Gasteiger partial charge is 0.452 e. The molecule has 0 saturated carbocycles. The van der Waals surface area contributed by atoms with E-state index in [0.29, 0.717) is 12.1 Å². The van der Waals surface area contributed by atoms with Crippen molar-refractivity contribution in [1.29, 1.82) is 0 Å². The Morgan fingerprint density at radius 1 is 1.14 bits per heavy atom. The maximum absolute atomic E-state index is 12.1. The summed E-state index contributed by atoms with van der Waals surface area (Å²) in [5.41, 5.74) is 2.56. The van der Waals surface area contributed by atoms with E-state index in [9.17, 15) is 9.59 Å². The van der Waals surface area contributed by atoms with Gasteiger partial charge in [0.15, 0.2) is 10.9 Å². The van der Waals surface area contributed by atoms with E-state index in [-0.39, 0.29) is 12.5 Å². The van der Waals surface area contributed by atoms with Crippen LogP contribution >= 0.6 is 23.1 Å². The minimum atomic E-state index is -0.490. The smallest absolute Gasteiger partial charge is 0.338 e. The molecule has 1 amide bonds. The van der Waals surface area contributed by atoms with Crippen molar-refractivity contribution in [1.82, 2.24) is 10.3 Å². The summed E-state index contributed by atoms with van der Waals surface area (Å²) in [5.74, 6) is 0.0105. The van der Waals surface area contributed by atoms with Crippen LogP contribution in [-0.2, 0) is 15.3 Å². The lowest BCUT2D eigenvalue weighted by molar-refractivity contribution is -0.124. The number of para-hydroxylation sites is 1. The van der Waals surface area contributed by atoms with E-state index in [0.717, 1.165) is 34.0 Å². The van der Waals surface area contributed by atoms with Crippen LogP contribution in [0.25, 0.3) is 10.2 Å². The van der Waals surface area contributed by atoms with Gasteiger partial charge in [0, 0.05) is 12.3 Å². The Kier molecular flexibility index (Phi) is 7.45. The number of thioether (sulfide) groups is 1. The lowest BCUT2D eigenvalue weighted by Crippen LogP contribution is -2.29. The third-order valence-corrected chi connectivity index (χ3v) is 6.26. The van der Waals surface area contributed by atoms with Gasteiger partial charge in [-0.15, -0.1) is 11.3 Å². The van der Waals surface area contributed by atoms with Gasteiger partial charge in [-0.25, -0.2) is 9.78 Å². The number of rotatable bonds is 9. The molecule has 146 valence electrons. The molecular formula is C21H22N2O3S2. The molecule has 5 nitrogen and oxygen atoms in total. The van der Waals surface area contributed by atoms with Crippen LogP contribution in [0.2, 0.25) is 0 Å². The first-order chi connectivity index (χ1) is 13.7. The normalized spacial score (nSPS) is 10.8. The molecular weight excluding hydrogens is 392 g/mol. The highest BCUT2D eigenvalue weighted by Crippen LogP contribution is 2.31. The van der Waals surface area contributed by atoms with E-state index < -0.39 is 5.97 Å². The fraction of sp³-hybridized carbons (Fsp3) is 0.286. The molecule has 0 bridgehead atoms. The second-order valence-electron chi connectivity index (χ2n) is 6.21. The van der Waals surface area contributed by atoms with Gasteiger partial charge in [0.1, 0.15) is 0 Å². The van der Waals surface area contributed by atoms with Crippen LogP contribution in [-0.4, -0.2) is 30.0 Å². The molecule has 0 aliphatic rings. The molecule has 0 aliphatic heterocycles. The van der Waals surface area contributed by atoms with Gasteiger partial charge in [-0.1, -0.05) is 49.4 Å². The maximum Gasteiger partial charge on any atom is 0.338 e. The average Bonchev–Trinajstić information content (AvgIpc) is 3.14. The van der Waals surface area contributed by atoms with Crippen molar-refractivity contribution in [3.8, 4) is 0 Å². The van der Waals surface area contributed by atoms with E-state index in [1.54, 1.807) is 35.2 Å². The number of esters is 1. The maximum atomic E-state index is 12.1. The van der Waals surface area contributed by atoms with Crippen molar-refractivity contribution >= 4 is 45.2 Å². The van der Waals surface area contributed by atoms with Gasteiger partial charge in [0.05, 0.1) is 15.8 Å². The Hall–Kier alpha value is -2.38. The molecule has 7 heteroatoms. The van der Waals surface area contributed by atoms with Gasteiger partial charge in [-0.3, -0.25) is 4.79 Å². The van der Waals surface area contributed by atoms with Gasteiger partial charge in [0.2, 0.25) is 0 Å². The predicted octanol–water partition coefficient (Wildman–Crippen LogP) is 4.66. The number of hydrogen-bond acceptors (Lipinski definition) is 6. The molecule has 2 aromatic carbocycles. The first-order valence-corrected chi connectivity index (χ1v) is 11.0. The number of ether oxygens (including phenoxy) is 1. The van der Waals surface area contributed by atoms with E-state index in [2.05, 4.69) is 16.4 Å². The van der Waals surface area contributed by atoms with Crippen molar-refractivity contribution in [3.63, 3.8) is 0 Å². The van der Waals surface area contributed by atoms with Crippen LogP contribution in [0.1, 0.15) is 35.7 Å². The first-order valence-electron chi connectivity index (χ1n) is 9.17. The van der Waals surface area contributed by atoms with Crippen molar-refractivity contribution in [2.24, 2.45) is 0 Å². The summed E-state index contributed by atoms with van der Waals surface area (Å²) >= 11 is 3.36. The van der Waals surface area contributed by atoms with E-state index in [1.807, 2.05) is 37.3 Å². The van der Waals surface area contributed by atoms with E-state index in [1.165, 1.54) is 4.70 Å². The fourth-order valence-electron chi connectivity index (χ4n) is 2.46. The molecule has 0 unspecified atom stereocenters. The van der Waals surface area contributed by atoms with Gasteiger partial charge in [0.25, 0.3) is 5.91 Å². The minimum absolute atomic E-state index is 0.252. The second-order valence-corrected chi connectivity index (χ2v) is 8.47. The van der Waals surface area contributed by atoms with Crippen molar-refractivity contribution in [3.05, 3.63) is 59.7 Å². The Balaban J connectivity index is 1.47. The number of benzene rings is 2. The number of fused-ring (bicyclic) bond motifs is 1. The number of unbranched alkanes of at least 4 members (excludes halogenated alkanes) is 1. The highest BCUT2D eigenvalue weighted by molar-refractivity contribution is 8.00. The van der Waals surface area contributed by atoms with Gasteiger partial charge in [-0.05, 0) is 36.2 Å². The Labute approximate surface area is 172 Å². The fourth-order valence-corrected chi connectivity index (χ4v) is 4.49. The molecule has 0 atom stereocenters. The Bertz CT molecular complexity index is 905. The predicted molar refractivity (Wildman–Crippen MR) is 114 cm³/mol. The number of amides is 1. The summed E-state index contributed by atoms with van der Waals surface area (Å²) < 4.78 is 7.27. The zero-order valence-corrected chi connectivity index (χ0v) is 17.3. The second kappa shape index (κ2) is 10.2. The van der Waals surface area contributed by atoms with E-state index in [4.69, 9.17) is 4.74 Å². The van der Waals surface area contributed by atoms with Crippen LogP contribution in [0, 0.1) is 0 Å². The molecule has 0 spiro atoms. The molecule has 0 saturated heterocycles. The quantitative estimate of drug-likeness (QED) is 0.313. The SMILES string of the molecule is CCCCNC(=O)COC(=O)c1ccc(CSc2nc3ccccc3s2)cc1. The molecule has 28 heavy (non-hydrogen) atoms. The number of carbonyl (C=O) groups is 2. The van der Waals surface area contributed by atoms with Gasteiger partial charge < -0.3 is 10.1 Å². The Morgan fingerprint density at radius 3 is 2.68 bits per heavy atom. The zero-order valence-electron chi connectivity index (χ0n) is 15.6. The molecule has 1 heterocycles. The monoisotopic (exact) mass is 414 g/mol. The van der Waals surface area contributed by atoms with Crippen LogP contribution in [0.15, 0.2) is 52.9 Å². The number of carbonyl (C=O) groups excluding carboxylic acids is 2. The summed E-state index contributed by atoms with van der Waals surface area (Å²) in [4.78, 5) is 28.3. The van der Waals surface area contributed by atoms with Crippen LogP contribution in [0.5, 0.6) is 0 Å². The van der Waals surface area contributed by atoms with Crippen molar-refractivity contribution in [2.45, 2.75) is 29.9 Å². The van der Waals surface area contributed by atoms with Crippen LogP contribution < -0.4 is 5.32 Å². The third kappa shape index (κ3) is 5.81. The molecule has 1 aromatic heterocycles. The number of aromatic nitrogens is 1. The van der Waals surface area contributed by atoms with Gasteiger partial charge in [-0.2, -0.15) is 0 Å². The lowest BCUT2D eigenvalue weighted by Gasteiger charge is -2.06. The average molecular weight is 415 g/mol. The minimum Gasteiger partial charge on any atom is -0.452 e.